The second kappa shape index (κ2) is 4.09. The summed E-state index contributed by atoms with van der Waals surface area (Å²) in [6.07, 6.45) is 4.62. The zero-order valence-corrected chi connectivity index (χ0v) is 8.47. The molecule has 0 N–H and O–H groups in total. The van der Waals surface area contributed by atoms with E-state index in [9.17, 15) is 0 Å². The molecule has 0 bridgehead atoms. The van der Waals surface area contributed by atoms with Crippen molar-refractivity contribution in [2.24, 2.45) is 0 Å². The molecule has 1 heterocycles. The van der Waals surface area contributed by atoms with E-state index in [1.807, 2.05) is 12.3 Å². The molecule has 0 unspecified atom stereocenters. The molecule has 0 spiro atoms. The van der Waals surface area contributed by atoms with E-state index in [1.165, 1.54) is 5.56 Å². The maximum absolute atomic E-state index is 4.00. The number of hydrogen-bond acceptors (Lipinski definition) is 1. The fourth-order valence-corrected chi connectivity index (χ4v) is 1.44. The van der Waals surface area contributed by atoms with Gasteiger partial charge in [0.1, 0.15) is 0 Å². The van der Waals surface area contributed by atoms with Gasteiger partial charge in [-0.05, 0) is 18.1 Å². The smallest absolute Gasteiger partial charge is 0.0738 e. The summed E-state index contributed by atoms with van der Waals surface area (Å²) in [6.45, 7) is 0. The number of halogens is 2. The third-order valence-corrected chi connectivity index (χ3v) is 1.76. The van der Waals surface area contributed by atoms with Gasteiger partial charge in [-0.15, -0.1) is 0 Å². The highest BCUT2D eigenvalue weighted by molar-refractivity contribution is 9.24. The van der Waals surface area contributed by atoms with Crippen LogP contribution in [0.4, 0.5) is 0 Å². The lowest BCUT2D eigenvalue weighted by Crippen LogP contribution is -1.92. The van der Waals surface area contributed by atoms with Crippen LogP contribution in [0.3, 0.4) is 0 Å². The number of nitrogens with zero attached hydrogens (tertiary/aromatic N) is 1. The van der Waals surface area contributed by atoms with E-state index in [0.29, 0.717) is 3.74 Å². The minimum Gasteiger partial charge on any atom is -0.264 e. The van der Waals surface area contributed by atoms with Crippen molar-refractivity contribution >= 4 is 31.9 Å². The minimum atomic E-state index is 0.351. The summed E-state index contributed by atoms with van der Waals surface area (Å²) < 4.78 is 0.351. The van der Waals surface area contributed by atoms with E-state index in [1.54, 1.807) is 6.20 Å². The van der Waals surface area contributed by atoms with Crippen LogP contribution < -0.4 is 0 Å². The minimum absolute atomic E-state index is 0.351. The molecule has 1 nitrogen and oxygen atoms in total. The summed E-state index contributed by atoms with van der Waals surface area (Å²) in [4.78, 5) is 4.00. The first-order valence-corrected chi connectivity index (χ1v) is 4.79. The Labute approximate surface area is 77.1 Å². The molecule has 0 atom stereocenters. The summed E-state index contributed by atoms with van der Waals surface area (Å²) in [6, 6.07) is 4.00. The second-order valence-electron chi connectivity index (χ2n) is 1.96. The molecule has 1 rings (SSSR count). The molecule has 1 aromatic heterocycles. The normalized spacial score (nSPS) is 10.3. The van der Waals surface area contributed by atoms with Crippen LogP contribution in [0.1, 0.15) is 5.56 Å². The van der Waals surface area contributed by atoms with Crippen LogP contribution >= 0.6 is 31.9 Å². The van der Waals surface area contributed by atoms with Gasteiger partial charge in [0, 0.05) is 12.4 Å². The van der Waals surface area contributed by atoms with Crippen LogP contribution in [-0.2, 0) is 6.42 Å². The summed E-state index contributed by atoms with van der Waals surface area (Å²) in [5.41, 5.74) is 1.24. The van der Waals surface area contributed by atoms with Gasteiger partial charge in [0.25, 0.3) is 0 Å². The van der Waals surface area contributed by atoms with Crippen molar-refractivity contribution in [2.45, 2.75) is 10.2 Å². The van der Waals surface area contributed by atoms with Crippen LogP contribution in [-0.4, -0.2) is 8.72 Å². The average molecular weight is 265 g/mol. The van der Waals surface area contributed by atoms with Crippen molar-refractivity contribution in [1.29, 1.82) is 0 Å². The van der Waals surface area contributed by atoms with Crippen molar-refractivity contribution in [3.63, 3.8) is 0 Å². The van der Waals surface area contributed by atoms with Gasteiger partial charge >= 0.3 is 0 Å². The topological polar surface area (TPSA) is 12.9 Å². The molecular weight excluding hydrogens is 258 g/mol. The van der Waals surface area contributed by atoms with Crippen LogP contribution in [0.15, 0.2) is 24.5 Å². The molecule has 0 saturated carbocycles. The summed E-state index contributed by atoms with van der Waals surface area (Å²) in [5, 5.41) is 0. The molecule has 10 heavy (non-hydrogen) atoms. The Morgan fingerprint density at radius 3 is 2.80 bits per heavy atom. The zero-order chi connectivity index (χ0) is 7.40. The first kappa shape index (κ1) is 8.21. The van der Waals surface area contributed by atoms with Crippen molar-refractivity contribution in [3.05, 3.63) is 30.1 Å². The van der Waals surface area contributed by atoms with Crippen LogP contribution in [0.5, 0.6) is 0 Å². The molecular formula is C7H7Br2N. The highest BCUT2D eigenvalue weighted by atomic mass is 79.9. The SMILES string of the molecule is BrC(Br)Cc1cccnc1. The average Bonchev–Trinajstić information content (AvgIpc) is 1.88. The van der Waals surface area contributed by atoms with E-state index in [4.69, 9.17) is 0 Å². The molecule has 0 aliphatic heterocycles. The first-order valence-electron chi connectivity index (χ1n) is 2.96. The third kappa shape index (κ3) is 2.80. The predicted octanol–water partition coefficient (Wildman–Crippen LogP) is 2.74. The Hall–Kier alpha value is 0.110. The monoisotopic (exact) mass is 263 g/mol. The quantitative estimate of drug-likeness (QED) is 0.749. The van der Waals surface area contributed by atoms with E-state index in [2.05, 4.69) is 42.9 Å². The van der Waals surface area contributed by atoms with Gasteiger partial charge in [0.05, 0.1) is 3.74 Å². The molecule has 1 aromatic rings. The Morgan fingerprint density at radius 2 is 2.30 bits per heavy atom. The lowest BCUT2D eigenvalue weighted by Gasteiger charge is -1.98. The van der Waals surface area contributed by atoms with Gasteiger partial charge in [-0.2, -0.15) is 0 Å². The number of alkyl halides is 2. The van der Waals surface area contributed by atoms with E-state index >= 15 is 0 Å². The molecule has 0 aromatic carbocycles. The second-order valence-corrected chi connectivity index (χ2v) is 5.40. The number of pyridine rings is 1. The van der Waals surface area contributed by atoms with E-state index in [-0.39, 0.29) is 0 Å². The summed E-state index contributed by atoms with van der Waals surface area (Å²) in [5.74, 6) is 0. The lowest BCUT2D eigenvalue weighted by atomic mass is 10.2. The van der Waals surface area contributed by atoms with E-state index < -0.39 is 0 Å². The van der Waals surface area contributed by atoms with Crippen molar-refractivity contribution in [1.82, 2.24) is 4.98 Å². The molecule has 0 saturated heterocycles. The van der Waals surface area contributed by atoms with Gasteiger partial charge in [0.15, 0.2) is 0 Å². The predicted molar refractivity (Wildman–Crippen MR) is 49.6 cm³/mol. The number of aromatic nitrogens is 1. The molecule has 3 heteroatoms. The van der Waals surface area contributed by atoms with Crippen molar-refractivity contribution < 1.29 is 0 Å². The highest BCUT2D eigenvalue weighted by Crippen LogP contribution is 2.13. The largest absolute Gasteiger partial charge is 0.264 e. The zero-order valence-electron chi connectivity index (χ0n) is 5.30. The summed E-state index contributed by atoms with van der Waals surface area (Å²) in [7, 11) is 0. The number of hydrogen-bond donors (Lipinski definition) is 0. The van der Waals surface area contributed by atoms with Crippen molar-refractivity contribution in [2.75, 3.05) is 0 Å². The Bertz CT molecular complexity index is 186. The standard InChI is InChI=1S/C7H7Br2N/c8-7(9)4-6-2-1-3-10-5-6/h1-3,5,7H,4H2. The fraction of sp³-hybridized carbons (Fsp3) is 0.286. The first-order chi connectivity index (χ1) is 4.79. The number of rotatable bonds is 2. The molecule has 54 valence electrons. The van der Waals surface area contributed by atoms with Gasteiger partial charge in [-0.1, -0.05) is 37.9 Å². The third-order valence-electron chi connectivity index (χ3n) is 1.11. The summed E-state index contributed by atoms with van der Waals surface area (Å²) >= 11 is 6.80. The molecule has 0 fully saturated rings. The van der Waals surface area contributed by atoms with Crippen LogP contribution in [0.2, 0.25) is 0 Å². The van der Waals surface area contributed by atoms with Gasteiger partial charge in [-0.3, -0.25) is 4.98 Å². The van der Waals surface area contributed by atoms with Crippen molar-refractivity contribution in [3.8, 4) is 0 Å². The Kier molecular flexibility index (Phi) is 3.35. The van der Waals surface area contributed by atoms with Crippen LogP contribution in [0.25, 0.3) is 0 Å². The fourth-order valence-electron chi connectivity index (χ4n) is 0.697. The highest BCUT2D eigenvalue weighted by Gasteiger charge is 1.98. The maximum atomic E-state index is 4.00. The molecule has 0 aliphatic rings. The van der Waals surface area contributed by atoms with Gasteiger partial charge in [-0.25, -0.2) is 0 Å². The molecule has 0 aliphatic carbocycles. The Morgan fingerprint density at radius 1 is 1.50 bits per heavy atom. The molecule has 0 radical (unpaired) electrons. The lowest BCUT2D eigenvalue weighted by molar-refractivity contribution is 1.10. The van der Waals surface area contributed by atoms with Crippen LogP contribution in [0, 0.1) is 0 Å². The Balaban J connectivity index is 2.59. The van der Waals surface area contributed by atoms with Gasteiger partial charge < -0.3 is 0 Å². The molecule has 0 amide bonds. The van der Waals surface area contributed by atoms with E-state index in [0.717, 1.165) is 6.42 Å². The van der Waals surface area contributed by atoms with Gasteiger partial charge in [0.2, 0.25) is 0 Å². The maximum Gasteiger partial charge on any atom is 0.0738 e.